The van der Waals surface area contributed by atoms with Crippen molar-refractivity contribution in [2.24, 2.45) is 0 Å². The van der Waals surface area contributed by atoms with E-state index < -0.39 is 23.9 Å². The van der Waals surface area contributed by atoms with Gasteiger partial charge in [0.25, 0.3) is 0 Å². The fourth-order valence-electron chi connectivity index (χ4n) is 0.245. The number of hydrogen-bond donors (Lipinski definition) is 0. The highest BCUT2D eigenvalue weighted by atomic mass is 19.4. The summed E-state index contributed by atoms with van der Waals surface area (Å²) >= 11 is 0. The van der Waals surface area contributed by atoms with Gasteiger partial charge < -0.3 is 0 Å². The Morgan fingerprint density at radius 2 is 1.80 bits per heavy atom. The van der Waals surface area contributed by atoms with Gasteiger partial charge in [-0.15, -0.1) is 0 Å². The number of Topliss-reactive ketones (excluding diaryl/α,β-unsaturated/α-hetero) is 1. The van der Waals surface area contributed by atoms with Crippen LogP contribution in [0.5, 0.6) is 0 Å². The Morgan fingerprint density at radius 3 is 1.90 bits per heavy atom. The molecule has 10 heavy (non-hydrogen) atoms. The Kier molecular flexibility index (Phi) is 2.56. The molecule has 0 N–H and O–H groups in total. The molecule has 5 heteroatoms. The van der Waals surface area contributed by atoms with E-state index in [2.05, 4.69) is 0 Å². The molecule has 0 saturated heterocycles. The number of rotatable bonds is 1. The summed E-state index contributed by atoms with van der Waals surface area (Å²) < 4.78 is 45.4. The molecule has 0 bridgehead atoms. The minimum atomic E-state index is -4.75. The molecule has 0 aromatic heterocycles. The van der Waals surface area contributed by atoms with E-state index in [1.807, 2.05) is 0 Å². The number of allylic oxidation sites excluding steroid dienone is 2. The van der Waals surface area contributed by atoms with E-state index in [0.29, 0.717) is 0 Å². The number of alkyl halides is 3. The molecule has 0 rings (SSSR count). The second-order valence-electron chi connectivity index (χ2n) is 1.59. The molecular formula is C5H4F4O. The number of carbonyl (C=O) groups excluding carboxylic acids is 1. The van der Waals surface area contributed by atoms with E-state index in [1.165, 1.54) is 0 Å². The minimum Gasteiger partial charge on any atom is -0.292 e. The molecular weight excluding hydrogens is 152 g/mol. The van der Waals surface area contributed by atoms with Crippen LogP contribution in [-0.2, 0) is 4.79 Å². The second kappa shape index (κ2) is 2.81. The van der Waals surface area contributed by atoms with Gasteiger partial charge in [-0.2, -0.15) is 13.2 Å². The normalized spacial score (nSPS) is 13.5. The standard InChI is InChI=1S/C5H4F4O/c1-3(10)4(6)2-5(7,8)9/h2H,1H3. The largest absolute Gasteiger partial charge is 0.412 e. The van der Waals surface area contributed by atoms with Crippen molar-refractivity contribution in [3.63, 3.8) is 0 Å². The second-order valence-corrected chi connectivity index (χ2v) is 1.59. The first kappa shape index (κ1) is 9.13. The first-order valence-corrected chi connectivity index (χ1v) is 2.29. The van der Waals surface area contributed by atoms with Gasteiger partial charge in [0.1, 0.15) is 0 Å². The number of hydrogen-bond acceptors (Lipinski definition) is 1. The molecule has 0 aliphatic carbocycles. The zero-order chi connectivity index (χ0) is 8.36. The molecule has 58 valence electrons. The maximum absolute atomic E-state index is 11.8. The van der Waals surface area contributed by atoms with Crippen molar-refractivity contribution in [2.75, 3.05) is 0 Å². The van der Waals surface area contributed by atoms with E-state index in [9.17, 15) is 22.4 Å². The molecule has 0 unspecified atom stereocenters. The number of halogens is 4. The van der Waals surface area contributed by atoms with Gasteiger partial charge >= 0.3 is 6.18 Å². The van der Waals surface area contributed by atoms with E-state index in [-0.39, 0.29) is 0 Å². The van der Waals surface area contributed by atoms with Crippen LogP contribution in [0.2, 0.25) is 0 Å². The smallest absolute Gasteiger partial charge is 0.292 e. The molecule has 0 aromatic rings. The van der Waals surface area contributed by atoms with Crippen LogP contribution in [0, 0.1) is 0 Å². The molecule has 0 fully saturated rings. The number of ketones is 1. The predicted molar refractivity (Wildman–Crippen MR) is 25.9 cm³/mol. The third-order valence-electron chi connectivity index (χ3n) is 0.627. The summed E-state index contributed by atoms with van der Waals surface area (Å²) in [6.45, 7) is 0.720. The van der Waals surface area contributed by atoms with Crippen molar-refractivity contribution in [3.8, 4) is 0 Å². The SMILES string of the molecule is CC(=O)C(F)=CC(F)(F)F. The molecule has 0 heterocycles. The van der Waals surface area contributed by atoms with Crippen molar-refractivity contribution in [1.29, 1.82) is 0 Å². The summed E-state index contributed by atoms with van der Waals surface area (Å²) in [5, 5.41) is 0. The molecule has 1 nitrogen and oxygen atoms in total. The van der Waals surface area contributed by atoms with Crippen LogP contribution >= 0.6 is 0 Å². The first-order chi connectivity index (χ1) is 4.33. The lowest BCUT2D eigenvalue weighted by molar-refractivity contribution is -0.116. The third kappa shape index (κ3) is 4.05. The Morgan fingerprint density at radius 1 is 1.40 bits per heavy atom. The highest BCUT2D eigenvalue weighted by Crippen LogP contribution is 2.19. The Hall–Kier alpha value is -0.870. The van der Waals surface area contributed by atoms with Gasteiger partial charge in [0.05, 0.1) is 6.08 Å². The maximum Gasteiger partial charge on any atom is 0.412 e. The van der Waals surface area contributed by atoms with Gasteiger partial charge in [-0.25, -0.2) is 4.39 Å². The lowest BCUT2D eigenvalue weighted by Gasteiger charge is -1.96. The molecule has 0 amide bonds. The zero-order valence-corrected chi connectivity index (χ0v) is 5.00. The fraction of sp³-hybridized carbons (Fsp3) is 0.400. The molecule has 0 saturated carbocycles. The van der Waals surface area contributed by atoms with Crippen molar-refractivity contribution in [1.82, 2.24) is 0 Å². The molecule has 0 aromatic carbocycles. The van der Waals surface area contributed by atoms with Crippen LogP contribution in [0.4, 0.5) is 17.6 Å². The van der Waals surface area contributed by atoms with Gasteiger partial charge in [-0.1, -0.05) is 0 Å². The Balaban J connectivity index is 4.32. The van der Waals surface area contributed by atoms with Gasteiger partial charge in [0.2, 0.25) is 0 Å². The van der Waals surface area contributed by atoms with Crippen LogP contribution < -0.4 is 0 Å². The maximum atomic E-state index is 11.8. The minimum absolute atomic E-state index is 0.671. The molecule has 0 atom stereocenters. The van der Waals surface area contributed by atoms with E-state index >= 15 is 0 Å². The summed E-state index contributed by atoms with van der Waals surface area (Å²) in [6, 6.07) is 0. The topological polar surface area (TPSA) is 17.1 Å². The molecule has 0 spiro atoms. The van der Waals surface area contributed by atoms with Crippen LogP contribution in [-0.4, -0.2) is 12.0 Å². The van der Waals surface area contributed by atoms with Gasteiger partial charge in [-0.3, -0.25) is 4.79 Å². The third-order valence-corrected chi connectivity index (χ3v) is 0.627. The fourth-order valence-corrected chi connectivity index (χ4v) is 0.245. The highest BCUT2D eigenvalue weighted by Gasteiger charge is 2.25. The van der Waals surface area contributed by atoms with E-state index in [4.69, 9.17) is 0 Å². The lowest BCUT2D eigenvalue weighted by Crippen LogP contribution is -2.04. The van der Waals surface area contributed by atoms with Crippen molar-refractivity contribution >= 4 is 5.78 Å². The van der Waals surface area contributed by atoms with Crippen LogP contribution in [0.3, 0.4) is 0 Å². The van der Waals surface area contributed by atoms with Crippen LogP contribution in [0.15, 0.2) is 11.9 Å². The predicted octanol–water partition coefficient (Wildman–Crippen LogP) is 1.99. The Labute approximate surface area is 54.3 Å². The summed E-state index contributed by atoms with van der Waals surface area (Å²) in [5.41, 5.74) is 0. The zero-order valence-electron chi connectivity index (χ0n) is 5.00. The van der Waals surface area contributed by atoms with E-state index in [1.54, 1.807) is 0 Å². The molecule has 0 radical (unpaired) electrons. The summed E-state index contributed by atoms with van der Waals surface area (Å²) in [4.78, 5) is 9.88. The monoisotopic (exact) mass is 156 g/mol. The average molecular weight is 156 g/mol. The average Bonchev–Trinajstić information content (AvgIpc) is 1.60. The van der Waals surface area contributed by atoms with Crippen molar-refractivity contribution in [3.05, 3.63) is 11.9 Å². The van der Waals surface area contributed by atoms with Crippen molar-refractivity contribution in [2.45, 2.75) is 13.1 Å². The first-order valence-electron chi connectivity index (χ1n) is 2.29. The van der Waals surface area contributed by atoms with Crippen LogP contribution in [0.1, 0.15) is 6.92 Å². The highest BCUT2D eigenvalue weighted by molar-refractivity contribution is 5.90. The summed E-state index contributed by atoms with van der Waals surface area (Å²) in [6.07, 6.45) is -5.43. The molecule has 0 aliphatic heterocycles. The van der Waals surface area contributed by atoms with Crippen molar-refractivity contribution < 1.29 is 22.4 Å². The lowest BCUT2D eigenvalue weighted by atomic mass is 10.3. The number of carbonyl (C=O) groups is 1. The summed E-state index contributed by atoms with van der Waals surface area (Å²) in [5.74, 6) is -3.00. The van der Waals surface area contributed by atoms with E-state index in [0.717, 1.165) is 6.92 Å². The van der Waals surface area contributed by atoms with Gasteiger partial charge in [0.15, 0.2) is 11.6 Å². The quantitative estimate of drug-likeness (QED) is 0.419. The van der Waals surface area contributed by atoms with Gasteiger partial charge in [0, 0.05) is 6.92 Å². The van der Waals surface area contributed by atoms with Crippen LogP contribution in [0.25, 0.3) is 0 Å². The summed E-state index contributed by atoms with van der Waals surface area (Å²) in [7, 11) is 0. The molecule has 0 aliphatic rings. The Bertz CT molecular complexity index is 167. The van der Waals surface area contributed by atoms with Gasteiger partial charge in [-0.05, 0) is 0 Å².